The van der Waals surface area contributed by atoms with Crippen molar-refractivity contribution < 1.29 is 19.9 Å². The number of hydrogen-bond donors (Lipinski definition) is 2. The van der Waals surface area contributed by atoms with Gasteiger partial charge in [-0.15, -0.1) is 6.58 Å². The molecule has 0 bridgehead atoms. The van der Waals surface area contributed by atoms with Crippen molar-refractivity contribution in [2.24, 2.45) is 0 Å². The van der Waals surface area contributed by atoms with Crippen LogP contribution in [0, 0.1) is 10.1 Å². The van der Waals surface area contributed by atoms with Crippen molar-refractivity contribution in [1.82, 2.24) is 4.98 Å². The zero-order valence-electron chi connectivity index (χ0n) is 10.0. The molecule has 8 heteroatoms. The monoisotopic (exact) mass is 267 g/mol. The van der Waals surface area contributed by atoms with Crippen LogP contribution in [0.25, 0.3) is 0 Å². The average Bonchev–Trinajstić information content (AvgIpc) is 2.37. The molecular weight excluding hydrogens is 254 g/mol. The predicted octanol–water partition coefficient (Wildman–Crippen LogP) is 0.673. The molecule has 102 valence electrons. The van der Waals surface area contributed by atoms with E-state index in [0.717, 1.165) is 12.3 Å². The Morgan fingerprint density at radius 1 is 1.63 bits per heavy atom. The van der Waals surface area contributed by atoms with Gasteiger partial charge in [-0.25, -0.2) is 9.78 Å². The fourth-order valence-electron chi connectivity index (χ4n) is 1.50. The van der Waals surface area contributed by atoms with E-state index in [4.69, 9.17) is 10.2 Å². The number of carbonyl (C=O) groups is 1. The number of nitro groups is 1. The van der Waals surface area contributed by atoms with E-state index in [0.29, 0.717) is 0 Å². The van der Waals surface area contributed by atoms with Crippen molar-refractivity contribution in [3.05, 3.63) is 40.6 Å². The highest BCUT2D eigenvalue weighted by molar-refractivity contribution is 5.88. The van der Waals surface area contributed by atoms with E-state index in [9.17, 15) is 14.9 Å². The Labute approximate surface area is 108 Å². The number of carboxylic acid groups (broad SMARTS) is 1. The molecule has 1 aromatic rings. The number of rotatable bonds is 7. The Hall–Kier alpha value is -2.48. The summed E-state index contributed by atoms with van der Waals surface area (Å²) in [5.74, 6) is -1.29. The number of aromatic carboxylic acids is 1. The minimum atomic E-state index is -1.29. The highest BCUT2D eigenvalue weighted by atomic mass is 16.6. The van der Waals surface area contributed by atoms with Crippen LogP contribution in [0.4, 0.5) is 11.5 Å². The van der Waals surface area contributed by atoms with Gasteiger partial charge in [0.15, 0.2) is 0 Å². The molecule has 1 heterocycles. The molecule has 0 aliphatic rings. The third-order valence-electron chi connectivity index (χ3n) is 2.31. The molecular formula is C11H13N3O5. The van der Waals surface area contributed by atoms with Crippen molar-refractivity contribution in [3.8, 4) is 0 Å². The highest BCUT2D eigenvalue weighted by Crippen LogP contribution is 2.26. The summed E-state index contributed by atoms with van der Waals surface area (Å²) in [5.41, 5.74) is -0.687. The van der Waals surface area contributed by atoms with Crippen LogP contribution in [-0.4, -0.2) is 45.8 Å². The summed E-state index contributed by atoms with van der Waals surface area (Å²) in [6.07, 6.45) is 2.55. The van der Waals surface area contributed by atoms with Gasteiger partial charge in [0.05, 0.1) is 17.1 Å². The lowest BCUT2D eigenvalue weighted by atomic mass is 10.2. The Balaban J connectivity index is 3.27. The van der Waals surface area contributed by atoms with Gasteiger partial charge in [-0.2, -0.15) is 0 Å². The number of pyridine rings is 1. The van der Waals surface area contributed by atoms with Gasteiger partial charge in [0.1, 0.15) is 0 Å². The third kappa shape index (κ3) is 3.49. The highest BCUT2D eigenvalue weighted by Gasteiger charge is 2.22. The summed E-state index contributed by atoms with van der Waals surface area (Å²) >= 11 is 0. The molecule has 0 fully saturated rings. The van der Waals surface area contributed by atoms with E-state index in [1.165, 1.54) is 11.0 Å². The van der Waals surface area contributed by atoms with Crippen LogP contribution < -0.4 is 4.90 Å². The second-order valence-corrected chi connectivity index (χ2v) is 3.59. The number of aromatic nitrogens is 1. The van der Waals surface area contributed by atoms with Crippen molar-refractivity contribution in [3.63, 3.8) is 0 Å². The summed E-state index contributed by atoms with van der Waals surface area (Å²) < 4.78 is 0. The largest absolute Gasteiger partial charge is 0.478 e. The minimum absolute atomic E-state index is 0.00366. The molecule has 0 amide bonds. The Kier molecular flexibility index (Phi) is 4.95. The van der Waals surface area contributed by atoms with Gasteiger partial charge in [-0.05, 0) is 0 Å². The van der Waals surface area contributed by atoms with E-state index in [-0.39, 0.29) is 31.1 Å². The third-order valence-corrected chi connectivity index (χ3v) is 2.31. The van der Waals surface area contributed by atoms with E-state index in [1.807, 2.05) is 0 Å². The van der Waals surface area contributed by atoms with Gasteiger partial charge in [0.2, 0.25) is 5.82 Å². The molecule has 0 spiro atoms. The first-order valence-corrected chi connectivity index (χ1v) is 5.35. The summed E-state index contributed by atoms with van der Waals surface area (Å²) in [7, 11) is 0. The second-order valence-electron chi connectivity index (χ2n) is 3.59. The van der Waals surface area contributed by atoms with Gasteiger partial charge in [-0.3, -0.25) is 10.1 Å². The number of carboxylic acids is 1. The normalized spacial score (nSPS) is 9.95. The lowest BCUT2D eigenvalue weighted by Gasteiger charge is -2.20. The zero-order valence-corrected chi connectivity index (χ0v) is 10.0. The van der Waals surface area contributed by atoms with Gasteiger partial charge in [0, 0.05) is 25.4 Å². The molecule has 2 N–H and O–H groups in total. The summed E-state index contributed by atoms with van der Waals surface area (Å²) in [4.78, 5) is 26.3. The van der Waals surface area contributed by atoms with Crippen LogP contribution >= 0.6 is 0 Å². The van der Waals surface area contributed by atoms with Crippen molar-refractivity contribution >= 4 is 17.5 Å². The first-order chi connectivity index (χ1) is 9.01. The molecule has 8 nitrogen and oxygen atoms in total. The molecule has 1 rings (SSSR count). The Morgan fingerprint density at radius 2 is 2.32 bits per heavy atom. The quantitative estimate of drug-likeness (QED) is 0.423. The van der Waals surface area contributed by atoms with Gasteiger partial charge in [0.25, 0.3) is 0 Å². The van der Waals surface area contributed by atoms with Gasteiger partial charge >= 0.3 is 11.7 Å². The smallest absolute Gasteiger partial charge is 0.337 e. The van der Waals surface area contributed by atoms with E-state index in [1.54, 1.807) is 0 Å². The van der Waals surface area contributed by atoms with Crippen LogP contribution in [-0.2, 0) is 0 Å². The second kappa shape index (κ2) is 6.45. The maximum absolute atomic E-state index is 11.0. The molecule has 1 aromatic heterocycles. The molecule has 19 heavy (non-hydrogen) atoms. The van der Waals surface area contributed by atoms with Gasteiger partial charge in [-0.1, -0.05) is 6.08 Å². The van der Waals surface area contributed by atoms with E-state index < -0.39 is 16.6 Å². The lowest BCUT2D eigenvalue weighted by molar-refractivity contribution is -0.384. The van der Waals surface area contributed by atoms with Crippen molar-refractivity contribution in [2.75, 3.05) is 24.6 Å². The van der Waals surface area contributed by atoms with Crippen molar-refractivity contribution in [2.45, 2.75) is 0 Å². The SMILES string of the molecule is C=CCN(CCO)c1ncc(C(=O)O)cc1[N+](=O)[O-]. The zero-order chi connectivity index (χ0) is 14.4. The minimum Gasteiger partial charge on any atom is -0.478 e. The summed E-state index contributed by atoms with van der Waals surface area (Å²) in [6, 6.07) is 0.943. The first-order valence-electron chi connectivity index (χ1n) is 5.35. The van der Waals surface area contributed by atoms with E-state index >= 15 is 0 Å². The number of anilines is 1. The number of aliphatic hydroxyl groups is 1. The summed E-state index contributed by atoms with van der Waals surface area (Å²) in [5, 5.41) is 28.7. The average molecular weight is 267 g/mol. The molecule has 0 unspecified atom stereocenters. The van der Waals surface area contributed by atoms with E-state index in [2.05, 4.69) is 11.6 Å². The maximum Gasteiger partial charge on any atom is 0.337 e. The predicted molar refractivity (Wildman–Crippen MR) is 67.3 cm³/mol. The molecule has 0 aromatic carbocycles. The van der Waals surface area contributed by atoms with Crippen LogP contribution in [0.15, 0.2) is 24.9 Å². The summed E-state index contributed by atoms with van der Waals surface area (Å²) in [6.45, 7) is 3.68. The number of hydrogen-bond acceptors (Lipinski definition) is 6. The first kappa shape index (κ1) is 14.6. The number of aliphatic hydroxyl groups excluding tert-OH is 1. The topological polar surface area (TPSA) is 117 Å². The molecule has 0 radical (unpaired) electrons. The van der Waals surface area contributed by atoms with Crippen LogP contribution in [0.5, 0.6) is 0 Å². The van der Waals surface area contributed by atoms with Crippen LogP contribution in [0.3, 0.4) is 0 Å². The molecule has 0 saturated heterocycles. The fraction of sp³-hybridized carbons (Fsp3) is 0.273. The van der Waals surface area contributed by atoms with Gasteiger partial charge < -0.3 is 15.1 Å². The standard InChI is InChI=1S/C11H13N3O5/c1-2-3-13(4-5-15)10-9(14(18)19)6-8(7-12-10)11(16)17/h2,6-7,15H,1,3-5H2,(H,16,17). The fourth-order valence-corrected chi connectivity index (χ4v) is 1.50. The van der Waals surface area contributed by atoms with Crippen molar-refractivity contribution in [1.29, 1.82) is 0 Å². The Morgan fingerprint density at radius 3 is 2.79 bits per heavy atom. The van der Waals surface area contributed by atoms with Crippen LogP contribution in [0.1, 0.15) is 10.4 Å². The lowest BCUT2D eigenvalue weighted by Crippen LogP contribution is -2.28. The molecule has 0 saturated carbocycles. The molecule has 0 aliphatic carbocycles. The Bertz CT molecular complexity index is 503. The molecule has 0 aliphatic heterocycles. The molecule has 0 atom stereocenters. The maximum atomic E-state index is 11.0. The number of nitrogens with zero attached hydrogens (tertiary/aromatic N) is 3. The van der Waals surface area contributed by atoms with Crippen LogP contribution in [0.2, 0.25) is 0 Å².